The van der Waals surface area contributed by atoms with E-state index in [9.17, 15) is 27.6 Å². The van der Waals surface area contributed by atoms with Crippen molar-refractivity contribution in [3.05, 3.63) is 29.6 Å². The minimum absolute atomic E-state index is 0.0408. The summed E-state index contributed by atoms with van der Waals surface area (Å²) < 4.78 is 39.5. The fourth-order valence-corrected chi connectivity index (χ4v) is 2.29. The van der Waals surface area contributed by atoms with Gasteiger partial charge < -0.3 is 20.9 Å². The molecule has 0 fully saturated rings. The van der Waals surface area contributed by atoms with Crippen molar-refractivity contribution in [3.63, 3.8) is 0 Å². The first-order valence-corrected chi connectivity index (χ1v) is 8.77. The predicted molar refractivity (Wildman–Crippen MR) is 97.1 cm³/mol. The molecule has 156 valence electrons. The van der Waals surface area contributed by atoms with Gasteiger partial charge in [0.15, 0.2) is 30.5 Å². The maximum absolute atomic E-state index is 13.5. The maximum Gasteiger partial charge on any atom is 0.275 e. The number of hydrogen-bond donors (Lipinski definition) is 4. The molecule has 0 saturated carbocycles. The SMILES string of the molecule is CC[NH+](CC(=O)NCC(=O)Nc1ccc(F)c(F)c1F)CC(=O)NC(C)(C)C. The molecule has 1 rings (SSSR count). The fraction of sp³-hybridized carbons (Fsp3) is 0.500. The van der Waals surface area contributed by atoms with Gasteiger partial charge in [0.1, 0.15) is 0 Å². The van der Waals surface area contributed by atoms with E-state index in [2.05, 4.69) is 16.0 Å². The van der Waals surface area contributed by atoms with Crippen LogP contribution in [0.2, 0.25) is 0 Å². The van der Waals surface area contributed by atoms with Crippen LogP contribution in [0.25, 0.3) is 0 Å². The van der Waals surface area contributed by atoms with Crippen molar-refractivity contribution in [1.82, 2.24) is 10.6 Å². The summed E-state index contributed by atoms with van der Waals surface area (Å²) in [6.07, 6.45) is 0. The van der Waals surface area contributed by atoms with Gasteiger partial charge in [-0.15, -0.1) is 0 Å². The highest BCUT2D eigenvalue weighted by atomic mass is 19.2. The molecular formula is C18H26F3N4O3+. The molecule has 10 heteroatoms. The van der Waals surface area contributed by atoms with Crippen molar-refractivity contribution in [2.24, 2.45) is 0 Å². The molecule has 0 radical (unpaired) electrons. The lowest BCUT2D eigenvalue weighted by Crippen LogP contribution is -3.14. The zero-order valence-electron chi connectivity index (χ0n) is 16.3. The van der Waals surface area contributed by atoms with Crippen LogP contribution < -0.4 is 20.9 Å². The molecule has 0 saturated heterocycles. The smallest absolute Gasteiger partial charge is 0.275 e. The van der Waals surface area contributed by atoms with E-state index in [1.165, 1.54) is 0 Å². The number of quaternary nitrogens is 1. The van der Waals surface area contributed by atoms with Gasteiger partial charge in [0, 0.05) is 5.54 Å². The topological polar surface area (TPSA) is 91.7 Å². The van der Waals surface area contributed by atoms with E-state index in [-0.39, 0.29) is 24.5 Å². The van der Waals surface area contributed by atoms with Gasteiger partial charge in [-0.05, 0) is 39.8 Å². The average molecular weight is 403 g/mol. The lowest BCUT2D eigenvalue weighted by atomic mass is 10.1. The molecule has 1 aromatic carbocycles. The number of carbonyl (C=O) groups excluding carboxylic acids is 3. The third-order valence-corrected chi connectivity index (χ3v) is 3.59. The lowest BCUT2D eigenvalue weighted by molar-refractivity contribution is -0.881. The number of carbonyl (C=O) groups is 3. The van der Waals surface area contributed by atoms with Crippen molar-refractivity contribution in [2.75, 3.05) is 31.5 Å². The molecule has 3 amide bonds. The number of likely N-dealkylation sites (N-methyl/N-ethyl adjacent to an activating group) is 1. The quantitative estimate of drug-likeness (QED) is 0.460. The Morgan fingerprint density at radius 1 is 0.964 bits per heavy atom. The van der Waals surface area contributed by atoms with Crippen LogP contribution in [0.4, 0.5) is 18.9 Å². The van der Waals surface area contributed by atoms with Gasteiger partial charge in [0.05, 0.1) is 18.8 Å². The van der Waals surface area contributed by atoms with E-state index in [1.807, 2.05) is 27.7 Å². The molecule has 1 unspecified atom stereocenters. The van der Waals surface area contributed by atoms with Crippen LogP contribution >= 0.6 is 0 Å². The standard InChI is InChI=1S/C18H25F3N4O3/c1-5-25(10-15(28)24-18(2,3)4)9-14(27)22-8-13(26)23-12-7-6-11(19)16(20)17(12)21/h6-7H,5,8-10H2,1-4H3,(H,22,27)(H,23,26)(H,24,28)/p+1. The Hall–Kier alpha value is -2.62. The molecule has 0 bridgehead atoms. The Kier molecular flexibility index (Phi) is 8.42. The monoisotopic (exact) mass is 403 g/mol. The first-order chi connectivity index (χ1) is 12.9. The van der Waals surface area contributed by atoms with E-state index in [1.54, 1.807) is 0 Å². The van der Waals surface area contributed by atoms with Crippen LogP contribution in [0.1, 0.15) is 27.7 Å². The summed E-state index contributed by atoms with van der Waals surface area (Å²) in [5, 5.41) is 7.19. The van der Waals surface area contributed by atoms with Gasteiger partial charge in [-0.25, -0.2) is 13.2 Å². The van der Waals surface area contributed by atoms with Gasteiger partial charge in [-0.2, -0.15) is 0 Å². The van der Waals surface area contributed by atoms with E-state index in [0.29, 0.717) is 17.5 Å². The van der Waals surface area contributed by atoms with Crippen LogP contribution in [0.3, 0.4) is 0 Å². The molecular weight excluding hydrogens is 377 g/mol. The maximum atomic E-state index is 13.5. The molecule has 1 atom stereocenters. The number of amides is 3. The molecule has 0 aliphatic heterocycles. The van der Waals surface area contributed by atoms with Gasteiger partial charge in [0.25, 0.3) is 11.8 Å². The van der Waals surface area contributed by atoms with Crippen molar-refractivity contribution >= 4 is 23.4 Å². The second-order valence-electron chi connectivity index (χ2n) is 7.30. The number of nitrogens with one attached hydrogen (secondary N) is 4. The minimum Gasteiger partial charge on any atom is -0.347 e. The summed E-state index contributed by atoms with van der Waals surface area (Å²) in [5.74, 6) is -6.09. The van der Waals surface area contributed by atoms with E-state index in [0.717, 1.165) is 6.07 Å². The zero-order valence-corrected chi connectivity index (χ0v) is 16.3. The summed E-state index contributed by atoms with van der Waals surface area (Å²) in [6, 6.07) is 1.56. The van der Waals surface area contributed by atoms with Crippen LogP contribution in [-0.4, -0.2) is 49.4 Å². The second-order valence-corrected chi connectivity index (χ2v) is 7.30. The summed E-state index contributed by atoms with van der Waals surface area (Å²) >= 11 is 0. The number of rotatable bonds is 8. The normalized spacial score (nSPS) is 12.2. The molecule has 0 heterocycles. The van der Waals surface area contributed by atoms with Gasteiger partial charge >= 0.3 is 0 Å². The molecule has 0 aliphatic rings. The third-order valence-electron chi connectivity index (χ3n) is 3.59. The number of halogens is 3. The van der Waals surface area contributed by atoms with Crippen LogP contribution in [0.5, 0.6) is 0 Å². The highest BCUT2D eigenvalue weighted by molar-refractivity contribution is 5.94. The van der Waals surface area contributed by atoms with Crippen molar-refractivity contribution in [2.45, 2.75) is 33.2 Å². The summed E-state index contributed by atoms with van der Waals surface area (Å²) in [7, 11) is 0. The van der Waals surface area contributed by atoms with Gasteiger partial charge in [-0.3, -0.25) is 14.4 Å². The average Bonchev–Trinajstić information content (AvgIpc) is 2.58. The molecule has 0 spiro atoms. The van der Waals surface area contributed by atoms with Gasteiger partial charge in [-0.1, -0.05) is 0 Å². The van der Waals surface area contributed by atoms with Crippen molar-refractivity contribution in [1.29, 1.82) is 0 Å². The Balaban J connectivity index is 2.49. The summed E-state index contributed by atoms with van der Waals surface area (Å²) in [5.41, 5.74) is -0.913. The second kappa shape index (κ2) is 10.1. The molecule has 0 aliphatic carbocycles. The third kappa shape index (κ3) is 7.95. The van der Waals surface area contributed by atoms with E-state index < -0.39 is 41.5 Å². The molecule has 0 aromatic heterocycles. The first kappa shape index (κ1) is 23.4. The van der Waals surface area contributed by atoms with Crippen LogP contribution in [0, 0.1) is 17.5 Å². The minimum atomic E-state index is -1.70. The van der Waals surface area contributed by atoms with Crippen LogP contribution in [0.15, 0.2) is 12.1 Å². The van der Waals surface area contributed by atoms with Crippen molar-refractivity contribution < 1.29 is 32.5 Å². The van der Waals surface area contributed by atoms with E-state index in [4.69, 9.17) is 0 Å². The summed E-state index contributed by atoms with van der Waals surface area (Å²) in [6.45, 7) is 7.42. The molecule has 7 nitrogen and oxygen atoms in total. The fourth-order valence-electron chi connectivity index (χ4n) is 2.29. The Labute approximate surface area is 161 Å². The molecule has 1 aromatic rings. The lowest BCUT2D eigenvalue weighted by Gasteiger charge is -2.23. The number of hydrogen-bond acceptors (Lipinski definition) is 3. The summed E-state index contributed by atoms with van der Waals surface area (Å²) in [4.78, 5) is 36.4. The number of benzene rings is 1. The zero-order chi connectivity index (χ0) is 21.5. The largest absolute Gasteiger partial charge is 0.347 e. The predicted octanol–water partition coefficient (Wildman–Crippen LogP) is -0.0219. The Morgan fingerprint density at radius 3 is 2.14 bits per heavy atom. The highest BCUT2D eigenvalue weighted by Gasteiger charge is 2.21. The Bertz CT molecular complexity index is 736. The van der Waals surface area contributed by atoms with E-state index >= 15 is 0 Å². The van der Waals surface area contributed by atoms with Gasteiger partial charge in [0.2, 0.25) is 5.91 Å². The first-order valence-electron chi connectivity index (χ1n) is 8.77. The van der Waals surface area contributed by atoms with Crippen LogP contribution in [-0.2, 0) is 14.4 Å². The molecule has 28 heavy (non-hydrogen) atoms. The van der Waals surface area contributed by atoms with Crippen molar-refractivity contribution in [3.8, 4) is 0 Å². The number of anilines is 1. The Morgan fingerprint density at radius 2 is 1.57 bits per heavy atom. The molecule has 4 N–H and O–H groups in total. The highest BCUT2D eigenvalue weighted by Crippen LogP contribution is 2.19.